The minimum atomic E-state index is -4.71. The molecule has 0 aliphatic rings. The van der Waals surface area contributed by atoms with Gasteiger partial charge in [-0.2, -0.15) is 0 Å². The third-order valence-corrected chi connectivity index (χ3v) is 6.55. The van der Waals surface area contributed by atoms with Crippen molar-refractivity contribution in [1.82, 2.24) is 4.57 Å². The molecule has 5 N–H and O–H groups in total. The lowest BCUT2D eigenvalue weighted by Gasteiger charge is -2.15. The van der Waals surface area contributed by atoms with E-state index in [1.807, 2.05) is 35.0 Å². The van der Waals surface area contributed by atoms with Crippen molar-refractivity contribution in [3.8, 4) is 5.75 Å². The molecule has 6 nitrogen and oxygen atoms in total. The van der Waals surface area contributed by atoms with Crippen LogP contribution in [0.15, 0.2) is 53.7 Å². The van der Waals surface area contributed by atoms with Crippen LogP contribution in [-0.2, 0) is 6.54 Å². The van der Waals surface area contributed by atoms with Crippen LogP contribution in [0.4, 0.5) is 19.0 Å². The van der Waals surface area contributed by atoms with Crippen LogP contribution in [-0.4, -0.2) is 30.0 Å². The zero-order chi connectivity index (χ0) is 30.3. The Morgan fingerprint density at radius 1 is 1.00 bits per heavy atom. The van der Waals surface area contributed by atoms with Gasteiger partial charge < -0.3 is 26.1 Å². The SMILES string of the molecule is CCCCCCCCCCN.Cc1cc(Cn2cc3ccccc3c2NC(N)=NCC(C)C)ccc1OC(F)(F)F. The molecule has 0 saturated heterocycles. The van der Waals surface area contributed by atoms with Crippen molar-refractivity contribution in [1.29, 1.82) is 0 Å². The number of fused-ring (bicyclic) bond motifs is 1. The van der Waals surface area contributed by atoms with E-state index in [4.69, 9.17) is 11.5 Å². The second-order valence-corrected chi connectivity index (χ2v) is 10.8. The molecule has 0 atom stereocenters. The first-order chi connectivity index (χ1) is 19.5. The number of hydrogen-bond donors (Lipinski definition) is 3. The summed E-state index contributed by atoms with van der Waals surface area (Å²) in [5.74, 6) is 1.28. The Labute approximate surface area is 243 Å². The number of ether oxygens (including phenoxy) is 1. The maximum absolute atomic E-state index is 12.5. The van der Waals surface area contributed by atoms with E-state index >= 15 is 0 Å². The highest BCUT2D eigenvalue weighted by Gasteiger charge is 2.31. The standard InChI is InChI=1S/C22H25F3N4O.C10H23N/c1-14(2)11-27-21(26)28-20-18-7-5-4-6-17(18)13-29(20)12-16-8-9-19(15(3)10-16)30-22(23,24)25;1-2-3-4-5-6-7-8-9-10-11/h4-10,13-14H,11-12H2,1-3H3,(H3,26,27,28);2-11H2,1H3. The van der Waals surface area contributed by atoms with Crippen LogP contribution in [0.25, 0.3) is 10.8 Å². The topological polar surface area (TPSA) is 90.6 Å². The van der Waals surface area contributed by atoms with Gasteiger partial charge in [0, 0.05) is 30.1 Å². The van der Waals surface area contributed by atoms with Gasteiger partial charge in [0.2, 0.25) is 0 Å². The summed E-state index contributed by atoms with van der Waals surface area (Å²) in [5, 5.41) is 5.18. The highest BCUT2D eigenvalue weighted by atomic mass is 19.4. The number of nitrogens with one attached hydrogen (secondary N) is 1. The van der Waals surface area contributed by atoms with Crippen LogP contribution in [0.1, 0.15) is 83.3 Å². The van der Waals surface area contributed by atoms with E-state index in [9.17, 15) is 13.2 Å². The van der Waals surface area contributed by atoms with Crippen molar-refractivity contribution in [2.45, 2.75) is 92.0 Å². The average molecular weight is 576 g/mol. The number of guanidine groups is 1. The number of aliphatic imine (C=N–C) groups is 1. The number of nitrogens with two attached hydrogens (primary N) is 2. The molecular weight excluding hydrogens is 527 g/mol. The van der Waals surface area contributed by atoms with Crippen LogP contribution >= 0.6 is 0 Å². The van der Waals surface area contributed by atoms with Crippen LogP contribution < -0.4 is 21.5 Å². The van der Waals surface area contributed by atoms with Crippen LogP contribution in [0.2, 0.25) is 0 Å². The van der Waals surface area contributed by atoms with Crippen LogP contribution in [0.5, 0.6) is 5.75 Å². The van der Waals surface area contributed by atoms with E-state index < -0.39 is 6.36 Å². The molecule has 0 aliphatic carbocycles. The summed E-state index contributed by atoms with van der Waals surface area (Å²) in [7, 11) is 0. The number of nitrogens with zero attached hydrogens (tertiary/aromatic N) is 2. The first-order valence-electron chi connectivity index (χ1n) is 14.7. The fraction of sp³-hybridized carbons (Fsp3) is 0.531. The molecule has 0 spiro atoms. The lowest BCUT2D eigenvalue weighted by molar-refractivity contribution is -0.274. The summed E-state index contributed by atoms with van der Waals surface area (Å²) in [4.78, 5) is 4.36. The van der Waals surface area contributed by atoms with Crippen LogP contribution in [0, 0.1) is 12.8 Å². The van der Waals surface area contributed by atoms with E-state index in [0.29, 0.717) is 30.5 Å². The molecule has 0 aliphatic heterocycles. The number of aromatic nitrogens is 1. The molecule has 3 rings (SSSR count). The number of unbranched alkanes of at least 4 members (excludes halogenated alkanes) is 7. The van der Waals surface area contributed by atoms with E-state index in [2.05, 4.69) is 35.8 Å². The molecule has 0 bridgehead atoms. The second kappa shape index (κ2) is 17.6. The predicted octanol–water partition coefficient (Wildman–Crippen LogP) is 8.37. The average Bonchev–Trinajstić information content (AvgIpc) is 3.25. The largest absolute Gasteiger partial charge is 0.573 e. The zero-order valence-electron chi connectivity index (χ0n) is 25.1. The highest BCUT2D eigenvalue weighted by molar-refractivity contribution is 6.02. The van der Waals surface area contributed by atoms with Gasteiger partial charge >= 0.3 is 6.36 Å². The van der Waals surface area contributed by atoms with Crippen molar-refractivity contribution in [2.75, 3.05) is 18.4 Å². The fourth-order valence-electron chi connectivity index (χ4n) is 4.44. The fourth-order valence-corrected chi connectivity index (χ4v) is 4.44. The summed E-state index contributed by atoms with van der Waals surface area (Å²) in [6.45, 7) is 9.89. The van der Waals surface area contributed by atoms with Gasteiger partial charge in [0.15, 0.2) is 5.96 Å². The van der Waals surface area contributed by atoms with E-state index in [-0.39, 0.29) is 5.75 Å². The van der Waals surface area contributed by atoms with Crippen molar-refractivity contribution >= 4 is 22.5 Å². The predicted molar refractivity (Wildman–Crippen MR) is 166 cm³/mol. The Bertz CT molecular complexity index is 1200. The number of anilines is 1. The second-order valence-electron chi connectivity index (χ2n) is 10.8. The molecule has 0 unspecified atom stereocenters. The van der Waals surface area contributed by atoms with Crippen molar-refractivity contribution in [3.05, 3.63) is 59.8 Å². The minimum Gasteiger partial charge on any atom is -0.406 e. The normalized spacial score (nSPS) is 12.0. The number of rotatable bonds is 14. The molecule has 1 aromatic heterocycles. The van der Waals surface area contributed by atoms with Gasteiger partial charge in [-0.15, -0.1) is 13.2 Å². The van der Waals surface area contributed by atoms with Crippen molar-refractivity contribution in [3.63, 3.8) is 0 Å². The number of benzene rings is 2. The summed E-state index contributed by atoms with van der Waals surface area (Å²) in [6.07, 6.45) is 8.24. The lowest BCUT2D eigenvalue weighted by atomic mass is 10.1. The maximum Gasteiger partial charge on any atom is 0.573 e. The minimum absolute atomic E-state index is 0.202. The summed E-state index contributed by atoms with van der Waals surface area (Å²) in [5.41, 5.74) is 12.7. The Kier molecular flexibility index (Phi) is 14.6. The molecule has 9 heteroatoms. The van der Waals surface area contributed by atoms with Crippen molar-refractivity contribution in [2.24, 2.45) is 22.4 Å². The Morgan fingerprint density at radius 2 is 1.66 bits per heavy atom. The molecular formula is C32H48F3N5O. The van der Waals surface area contributed by atoms with Crippen LogP contribution in [0.3, 0.4) is 0 Å². The molecule has 1 heterocycles. The van der Waals surface area contributed by atoms with E-state index in [1.54, 1.807) is 19.1 Å². The summed E-state index contributed by atoms with van der Waals surface area (Å²) < 4.78 is 43.6. The molecule has 3 aromatic rings. The first kappa shape index (κ1) is 34.0. The van der Waals surface area contributed by atoms with Gasteiger partial charge in [-0.25, -0.2) is 0 Å². The quantitative estimate of drug-likeness (QED) is 0.102. The van der Waals surface area contributed by atoms with E-state index in [1.165, 1.54) is 57.4 Å². The zero-order valence-corrected chi connectivity index (χ0v) is 25.1. The van der Waals surface area contributed by atoms with Gasteiger partial charge in [-0.05, 0) is 43.0 Å². The molecule has 0 saturated carbocycles. The summed E-state index contributed by atoms with van der Waals surface area (Å²) in [6, 6.07) is 12.5. The van der Waals surface area contributed by atoms with Crippen molar-refractivity contribution < 1.29 is 17.9 Å². The molecule has 228 valence electrons. The van der Waals surface area contributed by atoms with Gasteiger partial charge in [-0.1, -0.05) is 102 Å². The number of hydrogen-bond acceptors (Lipinski definition) is 3. The molecule has 0 amide bonds. The number of halogens is 3. The highest BCUT2D eigenvalue weighted by Crippen LogP contribution is 2.29. The lowest BCUT2D eigenvalue weighted by Crippen LogP contribution is -2.25. The molecule has 2 aromatic carbocycles. The number of alkyl halides is 3. The Balaban J connectivity index is 0.000000454. The smallest absolute Gasteiger partial charge is 0.406 e. The maximum atomic E-state index is 12.5. The summed E-state index contributed by atoms with van der Waals surface area (Å²) >= 11 is 0. The first-order valence-corrected chi connectivity index (χ1v) is 14.7. The monoisotopic (exact) mass is 575 g/mol. The third-order valence-electron chi connectivity index (χ3n) is 6.55. The van der Waals surface area contributed by atoms with Gasteiger partial charge in [0.05, 0.1) is 0 Å². The molecule has 41 heavy (non-hydrogen) atoms. The molecule has 0 radical (unpaired) electrons. The Hall–Kier alpha value is -3.20. The van der Waals surface area contributed by atoms with Gasteiger partial charge in [0.25, 0.3) is 0 Å². The molecule has 0 fully saturated rings. The number of aryl methyl sites for hydroxylation is 1. The van der Waals surface area contributed by atoms with E-state index in [0.717, 1.165) is 28.7 Å². The van der Waals surface area contributed by atoms with Gasteiger partial charge in [0.1, 0.15) is 11.6 Å². The van der Waals surface area contributed by atoms with Gasteiger partial charge in [-0.3, -0.25) is 4.99 Å². The Morgan fingerprint density at radius 3 is 2.27 bits per heavy atom. The third kappa shape index (κ3) is 12.9.